The number of morpholine rings is 1. The molecule has 98 valence electrons. The van der Waals surface area contributed by atoms with Gasteiger partial charge in [-0.25, -0.2) is 4.98 Å². The van der Waals surface area contributed by atoms with Gasteiger partial charge in [-0.15, -0.1) is 0 Å². The third kappa shape index (κ3) is 2.78. The number of nitrogens with zero attached hydrogens (tertiary/aromatic N) is 3. The Balaban J connectivity index is 2.36. The van der Waals surface area contributed by atoms with Crippen molar-refractivity contribution in [2.75, 3.05) is 18.0 Å². The first-order chi connectivity index (χ1) is 8.47. The standard InChI is InChI=1S/C11H14BrN3O3/c1-7-5-14(6-8(2)18-7)11-9(15(16)17)3-4-10(12)13-11/h3-4,7-8H,5-6H2,1-2H3/t7-,8+. The molecule has 18 heavy (non-hydrogen) atoms. The second kappa shape index (κ2) is 5.19. The van der Waals surface area contributed by atoms with Crippen LogP contribution in [0.4, 0.5) is 11.5 Å². The van der Waals surface area contributed by atoms with E-state index in [0.717, 1.165) is 0 Å². The van der Waals surface area contributed by atoms with Gasteiger partial charge in [0.1, 0.15) is 4.60 Å². The maximum absolute atomic E-state index is 11.0. The molecule has 2 rings (SSSR count). The predicted molar refractivity (Wildman–Crippen MR) is 70.8 cm³/mol. The minimum Gasteiger partial charge on any atom is -0.372 e. The summed E-state index contributed by atoms with van der Waals surface area (Å²) in [6.07, 6.45) is 0.0725. The molecule has 1 saturated heterocycles. The average molecular weight is 316 g/mol. The maximum atomic E-state index is 11.0. The average Bonchev–Trinajstić information content (AvgIpc) is 2.27. The monoisotopic (exact) mass is 315 g/mol. The summed E-state index contributed by atoms with van der Waals surface area (Å²) in [6.45, 7) is 5.11. The van der Waals surface area contributed by atoms with Crippen LogP contribution in [0.1, 0.15) is 13.8 Å². The van der Waals surface area contributed by atoms with Gasteiger partial charge in [-0.3, -0.25) is 10.1 Å². The molecule has 2 heterocycles. The van der Waals surface area contributed by atoms with Gasteiger partial charge in [0.05, 0.1) is 17.1 Å². The number of anilines is 1. The molecule has 0 amide bonds. The van der Waals surface area contributed by atoms with Crippen LogP contribution < -0.4 is 4.90 Å². The molecule has 0 radical (unpaired) electrons. The largest absolute Gasteiger partial charge is 0.372 e. The molecule has 0 bridgehead atoms. The number of hydrogen-bond acceptors (Lipinski definition) is 5. The highest BCUT2D eigenvalue weighted by Crippen LogP contribution is 2.29. The molecule has 2 atom stereocenters. The van der Waals surface area contributed by atoms with Gasteiger partial charge in [0, 0.05) is 19.2 Å². The van der Waals surface area contributed by atoms with Crippen LogP contribution in [-0.2, 0) is 4.74 Å². The van der Waals surface area contributed by atoms with E-state index in [-0.39, 0.29) is 17.9 Å². The minimum atomic E-state index is -0.403. The van der Waals surface area contributed by atoms with Crippen molar-refractivity contribution in [2.45, 2.75) is 26.1 Å². The van der Waals surface area contributed by atoms with E-state index in [1.807, 2.05) is 18.7 Å². The molecule has 1 fully saturated rings. The summed E-state index contributed by atoms with van der Waals surface area (Å²) in [7, 11) is 0. The van der Waals surface area contributed by atoms with E-state index in [9.17, 15) is 10.1 Å². The van der Waals surface area contributed by atoms with Crippen LogP contribution in [0.25, 0.3) is 0 Å². The SMILES string of the molecule is C[C@@H]1CN(c2nc(Br)ccc2[N+](=O)[O-])C[C@H](C)O1. The van der Waals surface area contributed by atoms with Crippen LogP contribution in [0.3, 0.4) is 0 Å². The molecule has 0 spiro atoms. The summed E-state index contributed by atoms with van der Waals surface area (Å²) >= 11 is 3.25. The molecule has 0 N–H and O–H groups in total. The van der Waals surface area contributed by atoms with E-state index in [1.165, 1.54) is 6.07 Å². The van der Waals surface area contributed by atoms with Gasteiger partial charge in [0.25, 0.3) is 0 Å². The molecule has 7 heteroatoms. The normalized spacial score (nSPS) is 24.1. The van der Waals surface area contributed by atoms with Crippen molar-refractivity contribution in [1.29, 1.82) is 0 Å². The first kappa shape index (κ1) is 13.2. The highest BCUT2D eigenvalue weighted by atomic mass is 79.9. The molecule has 6 nitrogen and oxygen atoms in total. The van der Waals surface area contributed by atoms with Crippen molar-refractivity contribution >= 4 is 27.4 Å². The van der Waals surface area contributed by atoms with E-state index in [1.54, 1.807) is 6.07 Å². The third-order valence-corrected chi connectivity index (χ3v) is 3.18. The molecule has 1 aliphatic rings. The van der Waals surface area contributed by atoms with Crippen molar-refractivity contribution in [3.05, 3.63) is 26.9 Å². The van der Waals surface area contributed by atoms with E-state index < -0.39 is 4.92 Å². The number of pyridine rings is 1. The van der Waals surface area contributed by atoms with Crippen LogP contribution in [0, 0.1) is 10.1 Å². The first-order valence-electron chi connectivity index (χ1n) is 5.68. The Morgan fingerprint density at radius 1 is 1.44 bits per heavy atom. The van der Waals surface area contributed by atoms with Crippen LogP contribution in [-0.4, -0.2) is 35.2 Å². The van der Waals surface area contributed by atoms with Gasteiger partial charge < -0.3 is 9.64 Å². The lowest BCUT2D eigenvalue weighted by atomic mass is 10.2. The molecular formula is C11H14BrN3O3. The second-order valence-electron chi connectivity index (χ2n) is 4.40. The Hall–Kier alpha value is -1.21. The molecule has 1 aliphatic heterocycles. The lowest BCUT2D eigenvalue weighted by Gasteiger charge is -2.35. The highest BCUT2D eigenvalue weighted by molar-refractivity contribution is 9.10. The van der Waals surface area contributed by atoms with Crippen LogP contribution in [0.15, 0.2) is 16.7 Å². The zero-order valence-electron chi connectivity index (χ0n) is 10.2. The summed E-state index contributed by atoms with van der Waals surface area (Å²) in [5, 5.41) is 11.0. The summed E-state index contributed by atoms with van der Waals surface area (Å²) in [5.41, 5.74) is 0.0273. The Morgan fingerprint density at radius 2 is 2.06 bits per heavy atom. The number of aromatic nitrogens is 1. The molecule has 0 unspecified atom stereocenters. The van der Waals surface area contributed by atoms with Crippen molar-refractivity contribution in [3.8, 4) is 0 Å². The lowest BCUT2D eigenvalue weighted by Crippen LogP contribution is -2.46. The number of hydrogen-bond donors (Lipinski definition) is 0. The van der Waals surface area contributed by atoms with Gasteiger partial charge in [-0.2, -0.15) is 0 Å². The van der Waals surface area contributed by atoms with E-state index in [2.05, 4.69) is 20.9 Å². The third-order valence-electron chi connectivity index (χ3n) is 2.74. The van der Waals surface area contributed by atoms with E-state index in [4.69, 9.17) is 4.74 Å². The van der Waals surface area contributed by atoms with Crippen molar-refractivity contribution in [3.63, 3.8) is 0 Å². The lowest BCUT2D eigenvalue weighted by molar-refractivity contribution is -0.384. The van der Waals surface area contributed by atoms with Crippen molar-refractivity contribution < 1.29 is 9.66 Å². The Bertz CT molecular complexity index is 459. The van der Waals surface area contributed by atoms with Crippen molar-refractivity contribution in [1.82, 2.24) is 4.98 Å². The molecule has 1 aromatic rings. The van der Waals surface area contributed by atoms with E-state index >= 15 is 0 Å². The van der Waals surface area contributed by atoms with Crippen LogP contribution >= 0.6 is 15.9 Å². The quantitative estimate of drug-likeness (QED) is 0.476. The highest BCUT2D eigenvalue weighted by Gasteiger charge is 2.28. The fourth-order valence-electron chi connectivity index (χ4n) is 2.14. The zero-order chi connectivity index (χ0) is 13.3. The van der Waals surface area contributed by atoms with Gasteiger partial charge in [0.2, 0.25) is 5.82 Å². The summed E-state index contributed by atoms with van der Waals surface area (Å²) in [5.74, 6) is 0.399. The minimum absolute atomic E-state index is 0.0273. The van der Waals surface area contributed by atoms with Gasteiger partial charge in [-0.05, 0) is 35.8 Å². The second-order valence-corrected chi connectivity index (χ2v) is 5.21. The fraction of sp³-hybridized carbons (Fsp3) is 0.545. The van der Waals surface area contributed by atoms with E-state index in [0.29, 0.717) is 23.5 Å². The van der Waals surface area contributed by atoms with Crippen LogP contribution in [0.5, 0.6) is 0 Å². The topological polar surface area (TPSA) is 68.5 Å². The Morgan fingerprint density at radius 3 is 2.61 bits per heavy atom. The van der Waals surface area contributed by atoms with Crippen molar-refractivity contribution in [2.24, 2.45) is 0 Å². The molecule has 0 aliphatic carbocycles. The smallest absolute Gasteiger partial charge is 0.311 e. The number of ether oxygens (including phenoxy) is 1. The summed E-state index contributed by atoms with van der Waals surface area (Å²) < 4.78 is 6.21. The molecule has 0 saturated carbocycles. The summed E-state index contributed by atoms with van der Waals surface area (Å²) in [4.78, 5) is 16.8. The molecular weight excluding hydrogens is 302 g/mol. The zero-order valence-corrected chi connectivity index (χ0v) is 11.8. The predicted octanol–water partition coefficient (Wildman–Crippen LogP) is 2.37. The van der Waals surface area contributed by atoms with Crippen LogP contribution in [0.2, 0.25) is 0 Å². The maximum Gasteiger partial charge on any atom is 0.311 e. The first-order valence-corrected chi connectivity index (χ1v) is 6.48. The number of halogens is 1. The van der Waals surface area contributed by atoms with Gasteiger partial charge >= 0.3 is 5.69 Å². The fourth-order valence-corrected chi connectivity index (χ4v) is 2.44. The van der Waals surface area contributed by atoms with Gasteiger partial charge in [0.15, 0.2) is 0 Å². The number of nitro groups is 1. The summed E-state index contributed by atoms with van der Waals surface area (Å²) in [6, 6.07) is 3.05. The Labute approximate surface area is 113 Å². The number of rotatable bonds is 2. The molecule has 0 aromatic carbocycles. The molecule has 1 aromatic heterocycles. The van der Waals surface area contributed by atoms with Gasteiger partial charge in [-0.1, -0.05) is 0 Å². The Kier molecular flexibility index (Phi) is 3.82.